The average Bonchev–Trinajstić information content (AvgIpc) is 2.28. The second-order valence-electron chi connectivity index (χ2n) is 4.67. The van der Waals surface area contributed by atoms with Gasteiger partial charge >= 0.3 is 0 Å². The van der Waals surface area contributed by atoms with E-state index in [1.807, 2.05) is 0 Å². The normalized spacial score (nSPS) is 10.9. The average molecular weight is 299 g/mol. The highest BCUT2D eigenvalue weighted by atomic mass is 79.9. The van der Waals surface area contributed by atoms with E-state index in [1.165, 1.54) is 22.1 Å². The number of halogens is 1. The number of nitrogens with zero attached hydrogens (tertiary/aromatic N) is 1. The molecule has 0 aromatic heterocycles. The quantitative estimate of drug-likeness (QED) is 0.804. The van der Waals surface area contributed by atoms with Gasteiger partial charge in [-0.2, -0.15) is 0 Å². The third-order valence-corrected chi connectivity index (χ3v) is 3.56. The molecule has 17 heavy (non-hydrogen) atoms. The van der Waals surface area contributed by atoms with Crippen LogP contribution < -0.4 is 10.2 Å². The van der Waals surface area contributed by atoms with Gasteiger partial charge in [-0.05, 0) is 60.4 Å². The Hall–Kier alpha value is -0.540. The van der Waals surface area contributed by atoms with Crippen LogP contribution in [0.5, 0.6) is 0 Å². The van der Waals surface area contributed by atoms with Crippen LogP contribution in [0.1, 0.15) is 32.8 Å². The molecule has 96 valence electrons. The van der Waals surface area contributed by atoms with Crippen LogP contribution in [0.3, 0.4) is 0 Å². The fourth-order valence-electron chi connectivity index (χ4n) is 1.63. The summed E-state index contributed by atoms with van der Waals surface area (Å²) in [5, 5.41) is 3.42. The number of hydrogen-bond acceptors (Lipinski definition) is 2. The van der Waals surface area contributed by atoms with E-state index in [4.69, 9.17) is 0 Å². The Morgan fingerprint density at radius 1 is 1.35 bits per heavy atom. The Bertz CT molecular complexity index is 350. The SMILES string of the molecule is CCCNCc1ccc(N(C)C(C)C)c(Br)c1. The van der Waals surface area contributed by atoms with Crippen molar-refractivity contribution < 1.29 is 0 Å². The van der Waals surface area contributed by atoms with E-state index in [0.717, 1.165) is 13.1 Å². The van der Waals surface area contributed by atoms with Crippen LogP contribution in [-0.2, 0) is 6.54 Å². The molecule has 0 fully saturated rings. The molecule has 0 aliphatic carbocycles. The van der Waals surface area contributed by atoms with Crippen molar-refractivity contribution in [1.29, 1.82) is 0 Å². The predicted octanol–water partition coefficient (Wildman–Crippen LogP) is 3.79. The Kier molecular flexibility index (Phi) is 6.00. The van der Waals surface area contributed by atoms with Crippen LogP contribution in [0.2, 0.25) is 0 Å². The molecule has 1 aromatic carbocycles. The van der Waals surface area contributed by atoms with Crippen molar-refractivity contribution in [2.75, 3.05) is 18.5 Å². The topological polar surface area (TPSA) is 15.3 Å². The van der Waals surface area contributed by atoms with Gasteiger partial charge < -0.3 is 10.2 Å². The summed E-state index contributed by atoms with van der Waals surface area (Å²) < 4.78 is 1.17. The lowest BCUT2D eigenvalue weighted by Gasteiger charge is -2.25. The third kappa shape index (κ3) is 4.32. The monoisotopic (exact) mass is 298 g/mol. The highest BCUT2D eigenvalue weighted by Gasteiger charge is 2.09. The first kappa shape index (κ1) is 14.5. The van der Waals surface area contributed by atoms with E-state index >= 15 is 0 Å². The lowest BCUT2D eigenvalue weighted by Crippen LogP contribution is -2.26. The van der Waals surface area contributed by atoms with Crippen LogP contribution in [0.15, 0.2) is 22.7 Å². The Balaban J connectivity index is 2.72. The van der Waals surface area contributed by atoms with Gasteiger partial charge in [0.25, 0.3) is 0 Å². The molecular weight excluding hydrogens is 276 g/mol. The highest BCUT2D eigenvalue weighted by Crippen LogP contribution is 2.27. The smallest absolute Gasteiger partial charge is 0.0510 e. The van der Waals surface area contributed by atoms with E-state index in [2.05, 4.69) is 72.2 Å². The first-order valence-electron chi connectivity index (χ1n) is 6.28. The molecular formula is C14H23BrN2. The Morgan fingerprint density at radius 3 is 2.59 bits per heavy atom. The number of rotatable bonds is 6. The van der Waals surface area contributed by atoms with Gasteiger partial charge in [0.15, 0.2) is 0 Å². The molecule has 0 saturated carbocycles. The summed E-state index contributed by atoms with van der Waals surface area (Å²) in [5.41, 5.74) is 2.57. The van der Waals surface area contributed by atoms with Gasteiger partial charge in [0, 0.05) is 24.1 Å². The van der Waals surface area contributed by atoms with Crippen LogP contribution in [-0.4, -0.2) is 19.6 Å². The minimum Gasteiger partial charge on any atom is -0.371 e. The molecule has 0 heterocycles. The number of anilines is 1. The van der Waals surface area contributed by atoms with Gasteiger partial charge in [-0.15, -0.1) is 0 Å². The number of hydrogen-bond donors (Lipinski definition) is 1. The summed E-state index contributed by atoms with van der Waals surface area (Å²) in [6.45, 7) is 8.60. The second kappa shape index (κ2) is 7.02. The fraction of sp³-hybridized carbons (Fsp3) is 0.571. The molecule has 0 saturated heterocycles. The number of nitrogens with one attached hydrogen (secondary N) is 1. The van der Waals surface area contributed by atoms with Crippen molar-refractivity contribution >= 4 is 21.6 Å². The molecule has 0 aliphatic rings. The van der Waals surface area contributed by atoms with Gasteiger partial charge in [0.05, 0.1) is 5.69 Å². The maximum absolute atomic E-state index is 3.66. The molecule has 0 bridgehead atoms. The largest absolute Gasteiger partial charge is 0.371 e. The second-order valence-corrected chi connectivity index (χ2v) is 5.52. The zero-order valence-corrected chi connectivity index (χ0v) is 12.8. The van der Waals surface area contributed by atoms with Gasteiger partial charge in [0.1, 0.15) is 0 Å². The van der Waals surface area contributed by atoms with E-state index in [9.17, 15) is 0 Å². The van der Waals surface area contributed by atoms with E-state index in [0.29, 0.717) is 6.04 Å². The molecule has 0 unspecified atom stereocenters. The Morgan fingerprint density at radius 2 is 2.06 bits per heavy atom. The lowest BCUT2D eigenvalue weighted by molar-refractivity contribution is 0.675. The first-order chi connectivity index (χ1) is 8.06. The van der Waals surface area contributed by atoms with Gasteiger partial charge in [-0.25, -0.2) is 0 Å². The molecule has 0 atom stereocenters. The maximum atomic E-state index is 3.66. The number of benzene rings is 1. The summed E-state index contributed by atoms with van der Waals surface area (Å²) in [6, 6.07) is 7.10. The van der Waals surface area contributed by atoms with Crippen LogP contribution in [0.4, 0.5) is 5.69 Å². The summed E-state index contributed by atoms with van der Waals surface area (Å²) in [4.78, 5) is 2.27. The molecule has 0 spiro atoms. The molecule has 1 N–H and O–H groups in total. The van der Waals surface area contributed by atoms with Gasteiger partial charge in [-0.1, -0.05) is 13.0 Å². The van der Waals surface area contributed by atoms with E-state index in [-0.39, 0.29) is 0 Å². The lowest BCUT2D eigenvalue weighted by atomic mass is 10.2. The minimum absolute atomic E-state index is 0.510. The summed E-state index contributed by atoms with van der Waals surface area (Å²) in [5.74, 6) is 0. The summed E-state index contributed by atoms with van der Waals surface area (Å²) in [7, 11) is 2.12. The van der Waals surface area contributed by atoms with Crippen molar-refractivity contribution in [3.05, 3.63) is 28.2 Å². The fourth-order valence-corrected chi connectivity index (χ4v) is 2.34. The maximum Gasteiger partial charge on any atom is 0.0510 e. The van der Waals surface area contributed by atoms with Crippen molar-refractivity contribution in [2.24, 2.45) is 0 Å². The molecule has 2 nitrogen and oxygen atoms in total. The van der Waals surface area contributed by atoms with Crippen molar-refractivity contribution in [2.45, 2.75) is 39.8 Å². The summed E-state index contributed by atoms with van der Waals surface area (Å²) >= 11 is 3.66. The molecule has 0 aliphatic heterocycles. The molecule has 0 amide bonds. The first-order valence-corrected chi connectivity index (χ1v) is 7.07. The van der Waals surface area contributed by atoms with E-state index in [1.54, 1.807) is 0 Å². The van der Waals surface area contributed by atoms with Crippen molar-refractivity contribution in [1.82, 2.24) is 5.32 Å². The molecule has 1 rings (SSSR count). The van der Waals surface area contributed by atoms with Gasteiger partial charge in [-0.3, -0.25) is 0 Å². The Labute approximate surface area is 114 Å². The standard InChI is InChI=1S/C14H23BrN2/c1-5-8-16-10-12-6-7-14(13(15)9-12)17(4)11(2)3/h6-7,9,11,16H,5,8,10H2,1-4H3. The third-order valence-electron chi connectivity index (χ3n) is 2.92. The van der Waals surface area contributed by atoms with Gasteiger partial charge in [0.2, 0.25) is 0 Å². The molecule has 0 radical (unpaired) electrons. The zero-order valence-electron chi connectivity index (χ0n) is 11.3. The predicted molar refractivity (Wildman–Crippen MR) is 79.7 cm³/mol. The summed E-state index contributed by atoms with van der Waals surface area (Å²) in [6.07, 6.45) is 1.18. The van der Waals surface area contributed by atoms with E-state index < -0.39 is 0 Å². The molecule has 1 aromatic rings. The van der Waals surface area contributed by atoms with Crippen molar-refractivity contribution in [3.8, 4) is 0 Å². The zero-order chi connectivity index (χ0) is 12.8. The van der Waals surface area contributed by atoms with Crippen LogP contribution in [0.25, 0.3) is 0 Å². The molecule has 3 heteroatoms. The van der Waals surface area contributed by atoms with Crippen LogP contribution in [0, 0.1) is 0 Å². The highest BCUT2D eigenvalue weighted by molar-refractivity contribution is 9.10. The minimum atomic E-state index is 0.510. The van der Waals surface area contributed by atoms with Crippen LogP contribution >= 0.6 is 15.9 Å². The van der Waals surface area contributed by atoms with Crippen molar-refractivity contribution in [3.63, 3.8) is 0 Å².